The Morgan fingerprint density at radius 2 is 1.64 bits per heavy atom. The maximum atomic E-state index is 13.3. The standard InChI is InChI=1S/C17H12FN3O2S2/c1-25(22,23)14-8-4-11(5-9-14)15-16(12-2-6-13(18)7-3-12)21-17(20-15)24-10-19-21/h2-10H,1H3. The molecule has 25 heavy (non-hydrogen) atoms. The van der Waals surface area contributed by atoms with E-state index in [2.05, 4.69) is 10.1 Å². The van der Waals surface area contributed by atoms with E-state index in [0.717, 1.165) is 16.8 Å². The molecule has 2 aromatic heterocycles. The van der Waals surface area contributed by atoms with Crippen molar-refractivity contribution >= 4 is 26.1 Å². The van der Waals surface area contributed by atoms with Crippen LogP contribution in [0, 0.1) is 5.82 Å². The lowest BCUT2D eigenvalue weighted by Crippen LogP contribution is -1.96. The Morgan fingerprint density at radius 3 is 2.28 bits per heavy atom. The first-order valence-electron chi connectivity index (χ1n) is 7.32. The molecule has 0 unspecified atom stereocenters. The molecule has 0 aliphatic rings. The largest absolute Gasteiger partial charge is 0.224 e. The minimum absolute atomic E-state index is 0.249. The fraction of sp³-hybridized carbons (Fsp3) is 0.0588. The molecule has 0 saturated carbocycles. The van der Waals surface area contributed by atoms with E-state index in [1.807, 2.05) is 0 Å². The van der Waals surface area contributed by atoms with E-state index in [1.165, 1.54) is 29.7 Å². The van der Waals surface area contributed by atoms with Crippen LogP contribution < -0.4 is 0 Å². The number of sulfone groups is 1. The van der Waals surface area contributed by atoms with Gasteiger partial charge in [-0.2, -0.15) is 5.10 Å². The van der Waals surface area contributed by atoms with Crippen LogP contribution in [0.5, 0.6) is 0 Å². The van der Waals surface area contributed by atoms with Gasteiger partial charge in [0.2, 0.25) is 4.96 Å². The molecule has 0 spiro atoms. The Hall–Kier alpha value is -2.58. The minimum Gasteiger partial charge on any atom is -0.224 e. The van der Waals surface area contributed by atoms with Crippen molar-refractivity contribution in [3.8, 4) is 22.5 Å². The Kier molecular flexibility index (Phi) is 3.66. The van der Waals surface area contributed by atoms with Crippen molar-refractivity contribution < 1.29 is 12.8 Å². The number of fused-ring (bicyclic) bond motifs is 1. The molecule has 0 saturated heterocycles. The summed E-state index contributed by atoms with van der Waals surface area (Å²) in [6, 6.07) is 12.7. The van der Waals surface area contributed by atoms with Crippen molar-refractivity contribution in [3.05, 3.63) is 59.9 Å². The predicted molar refractivity (Wildman–Crippen MR) is 94.8 cm³/mol. The minimum atomic E-state index is -3.26. The summed E-state index contributed by atoms with van der Waals surface area (Å²) in [5.74, 6) is -0.318. The van der Waals surface area contributed by atoms with Crippen LogP contribution >= 0.6 is 11.3 Å². The number of hydrogen-bond donors (Lipinski definition) is 0. The molecule has 0 bridgehead atoms. The second kappa shape index (κ2) is 5.75. The Balaban J connectivity index is 1.92. The molecule has 126 valence electrons. The lowest BCUT2D eigenvalue weighted by Gasteiger charge is -2.05. The molecule has 0 radical (unpaired) electrons. The van der Waals surface area contributed by atoms with Crippen LogP contribution in [0.3, 0.4) is 0 Å². The first-order chi connectivity index (χ1) is 11.9. The van der Waals surface area contributed by atoms with Gasteiger partial charge in [-0.05, 0) is 36.4 Å². The van der Waals surface area contributed by atoms with Crippen molar-refractivity contribution in [2.24, 2.45) is 0 Å². The highest BCUT2D eigenvalue weighted by molar-refractivity contribution is 7.90. The quantitative estimate of drug-likeness (QED) is 0.550. The number of nitrogens with zero attached hydrogens (tertiary/aromatic N) is 3. The molecule has 0 fully saturated rings. The molecule has 4 aromatic rings. The number of halogens is 1. The first-order valence-corrected chi connectivity index (χ1v) is 10.1. The lowest BCUT2D eigenvalue weighted by atomic mass is 10.1. The Labute approximate surface area is 147 Å². The van der Waals surface area contributed by atoms with Crippen LogP contribution in [-0.4, -0.2) is 29.3 Å². The van der Waals surface area contributed by atoms with E-state index in [4.69, 9.17) is 0 Å². The van der Waals surface area contributed by atoms with Crippen molar-refractivity contribution in [1.82, 2.24) is 14.6 Å². The molecule has 0 N–H and O–H groups in total. The van der Waals surface area contributed by atoms with E-state index in [1.54, 1.807) is 46.4 Å². The zero-order chi connectivity index (χ0) is 17.6. The number of rotatable bonds is 3. The van der Waals surface area contributed by atoms with Gasteiger partial charge < -0.3 is 0 Å². The van der Waals surface area contributed by atoms with Gasteiger partial charge in [0, 0.05) is 17.4 Å². The van der Waals surface area contributed by atoms with E-state index < -0.39 is 9.84 Å². The van der Waals surface area contributed by atoms with Crippen LogP contribution in [0.1, 0.15) is 0 Å². The fourth-order valence-corrected chi connectivity index (χ4v) is 3.87. The van der Waals surface area contributed by atoms with Crippen molar-refractivity contribution in [2.75, 3.05) is 6.26 Å². The highest BCUT2D eigenvalue weighted by Gasteiger charge is 2.18. The number of hydrogen-bond acceptors (Lipinski definition) is 5. The van der Waals surface area contributed by atoms with Crippen molar-refractivity contribution in [1.29, 1.82) is 0 Å². The van der Waals surface area contributed by atoms with Crippen LogP contribution in [0.15, 0.2) is 58.9 Å². The number of imidazole rings is 1. The molecule has 2 aromatic carbocycles. The van der Waals surface area contributed by atoms with E-state index in [0.29, 0.717) is 10.7 Å². The Morgan fingerprint density at radius 1 is 1.00 bits per heavy atom. The third-order valence-electron chi connectivity index (χ3n) is 3.82. The molecule has 5 nitrogen and oxygen atoms in total. The van der Waals surface area contributed by atoms with Gasteiger partial charge in [-0.25, -0.2) is 22.3 Å². The van der Waals surface area contributed by atoms with E-state index in [-0.39, 0.29) is 10.7 Å². The maximum Gasteiger partial charge on any atom is 0.213 e. The number of aromatic nitrogens is 3. The van der Waals surface area contributed by atoms with Crippen LogP contribution in [-0.2, 0) is 9.84 Å². The van der Waals surface area contributed by atoms with Crippen LogP contribution in [0.25, 0.3) is 27.5 Å². The normalized spacial score (nSPS) is 11.9. The molecular weight excluding hydrogens is 361 g/mol. The molecule has 0 amide bonds. The highest BCUT2D eigenvalue weighted by Crippen LogP contribution is 2.33. The van der Waals surface area contributed by atoms with Crippen molar-refractivity contribution in [3.63, 3.8) is 0 Å². The third-order valence-corrected chi connectivity index (χ3v) is 5.62. The molecule has 8 heteroatoms. The summed E-state index contributed by atoms with van der Waals surface area (Å²) in [7, 11) is -3.26. The van der Waals surface area contributed by atoms with E-state index in [9.17, 15) is 12.8 Å². The number of benzene rings is 2. The molecule has 0 aliphatic heterocycles. The smallest absolute Gasteiger partial charge is 0.213 e. The topological polar surface area (TPSA) is 64.3 Å². The predicted octanol–water partition coefficient (Wildman–Crippen LogP) is 3.67. The fourth-order valence-electron chi connectivity index (χ4n) is 2.62. The summed E-state index contributed by atoms with van der Waals surface area (Å²) in [6.45, 7) is 0. The molecule has 0 aliphatic carbocycles. The molecular formula is C17H12FN3O2S2. The second-order valence-electron chi connectivity index (χ2n) is 5.55. The van der Waals surface area contributed by atoms with Gasteiger partial charge in [-0.3, -0.25) is 0 Å². The summed E-state index contributed by atoms with van der Waals surface area (Å²) >= 11 is 1.39. The van der Waals surface area contributed by atoms with E-state index >= 15 is 0 Å². The summed E-state index contributed by atoms with van der Waals surface area (Å²) in [5, 5.41) is 4.30. The second-order valence-corrected chi connectivity index (χ2v) is 8.37. The summed E-state index contributed by atoms with van der Waals surface area (Å²) in [5.41, 5.74) is 4.65. The van der Waals surface area contributed by atoms with Gasteiger partial charge in [0.15, 0.2) is 9.84 Å². The zero-order valence-corrected chi connectivity index (χ0v) is 14.7. The van der Waals surface area contributed by atoms with Crippen LogP contribution in [0.4, 0.5) is 4.39 Å². The van der Waals surface area contributed by atoms with Gasteiger partial charge in [-0.1, -0.05) is 23.5 Å². The summed E-state index contributed by atoms with van der Waals surface area (Å²) in [6.07, 6.45) is 1.17. The maximum absolute atomic E-state index is 13.3. The zero-order valence-electron chi connectivity index (χ0n) is 13.0. The molecule has 0 atom stereocenters. The summed E-state index contributed by atoms with van der Waals surface area (Å²) in [4.78, 5) is 5.57. The summed E-state index contributed by atoms with van der Waals surface area (Å²) < 4.78 is 38.2. The third kappa shape index (κ3) is 2.83. The lowest BCUT2D eigenvalue weighted by molar-refractivity contribution is 0.602. The monoisotopic (exact) mass is 373 g/mol. The van der Waals surface area contributed by atoms with Crippen LogP contribution in [0.2, 0.25) is 0 Å². The molecule has 2 heterocycles. The van der Waals surface area contributed by atoms with Gasteiger partial charge in [0.1, 0.15) is 22.7 Å². The Bertz CT molecular complexity index is 1160. The van der Waals surface area contributed by atoms with Gasteiger partial charge in [-0.15, -0.1) is 0 Å². The van der Waals surface area contributed by atoms with Gasteiger partial charge in [0.05, 0.1) is 4.90 Å². The van der Waals surface area contributed by atoms with Crippen molar-refractivity contribution in [2.45, 2.75) is 4.90 Å². The average molecular weight is 373 g/mol. The average Bonchev–Trinajstić information content (AvgIpc) is 3.16. The SMILES string of the molecule is CS(=O)(=O)c1ccc(-c2nc3scnn3c2-c2ccc(F)cc2)cc1. The first kappa shape index (κ1) is 15.9. The van der Waals surface area contributed by atoms with Gasteiger partial charge >= 0.3 is 0 Å². The van der Waals surface area contributed by atoms with Gasteiger partial charge in [0.25, 0.3) is 0 Å². The molecule has 4 rings (SSSR count). The highest BCUT2D eigenvalue weighted by atomic mass is 32.2.